The van der Waals surface area contributed by atoms with Crippen LogP contribution in [0.5, 0.6) is 0 Å². The average molecular weight is 345 g/mol. The fourth-order valence-electron chi connectivity index (χ4n) is 3.73. The lowest BCUT2D eigenvalue weighted by Gasteiger charge is -2.50. The molecule has 6 nitrogen and oxygen atoms in total. The average Bonchev–Trinajstić information content (AvgIpc) is 3.19. The number of aromatic nitrogens is 3. The standard InChI is InChI=1S/C17H23N5OS/c1-13-8-20-16(21-9-13)19-4-2-14-3-6-23-17(14)11-22(12-17)10-15-18-5-7-24-15/h5,7-9,14H,2-4,6,10-12H2,1H3,(H,19,20,21). The number of nitrogens with zero attached hydrogens (tertiary/aromatic N) is 4. The van der Waals surface area contributed by atoms with E-state index in [1.54, 1.807) is 11.3 Å². The molecule has 2 saturated heterocycles. The van der Waals surface area contributed by atoms with Crippen LogP contribution < -0.4 is 5.32 Å². The fraction of sp³-hybridized carbons (Fsp3) is 0.588. The quantitative estimate of drug-likeness (QED) is 0.867. The van der Waals surface area contributed by atoms with Crippen LogP contribution in [0.3, 0.4) is 0 Å². The zero-order valence-corrected chi connectivity index (χ0v) is 14.8. The van der Waals surface area contributed by atoms with Crippen molar-refractivity contribution in [2.75, 3.05) is 31.6 Å². The van der Waals surface area contributed by atoms with Crippen molar-refractivity contribution in [1.82, 2.24) is 19.9 Å². The number of aryl methyl sites for hydroxylation is 1. The van der Waals surface area contributed by atoms with Crippen molar-refractivity contribution in [2.45, 2.75) is 31.9 Å². The van der Waals surface area contributed by atoms with Crippen LogP contribution in [0.15, 0.2) is 24.0 Å². The van der Waals surface area contributed by atoms with Crippen molar-refractivity contribution in [3.05, 3.63) is 34.5 Å². The summed E-state index contributed by atoms with van der Waals surface area (Å²) in [6, 6.07) is 0. The molecule has 1 N–H and O–H groups in total. The third kappa shape index (κ3) is 3.29. The number of likely N-dealkylation sites (tertiary alicyclic amines) is 1. The van der Waals surface area contributed by atoms with Gasteiger partial charge >= 0.3 is 0 Å². The highest BCUT2D eigenvalue weighted by molar-refractivity contribution is 7.09. The molecule has 128 valence electrons. The van der Waals surface area contributed by atoms with Gasteiger partial charge in [0, 0.05) is 50.2 Å². The first-order chi connectivity index (χ1) is 11.7. The molecule has 0 amide bonds. The van der Waals surface area contributed by atoms with Crippen molar-refractivity contribution >= 4 is 17.3 Å². The third-order valence-corrected chi connectivity index (χ3v) is 5.75. The highest BCUT2D eigenvalue weighted by Gasteiger charge is 2.52. The summed E-state index contributed by atoms with van der Waals surface area (Å²) in [5, 5.41) is 6.57. The van der Waals surface area contributed by atoms with E-state index in [4.69, 9.17) is 4.74 Å². The van der Waals surface area contributed by atoms with Crippen LogP contribution in [-0.4, -0.2) is 51.7 Å². The SMILES string of the molecule is Cc1cnc(NCCC2CCOC23CN(Cc2nccs2)C3)nc1. The van der Waals surface area contributed by atoms with Crippen molar-refractivity contribution in [1.29, 1.82) is 0 Å². The summed E-state index contributed by atoms with van der Waals surface area (Å²) in [6.07, 6.45) is 7.82. The van der Waals surface area contributed by atoms with Crippen molar-refractivity contribution < 1.29 is 4.74 Å². The number of ether oxygens (including phenoxy) is 1. The normalized spacial score (nSPS) is 22.6. The molecule has 0 aromatic carbocycles. The zero-order chi connectivity index (χ0) is 16.4. The van der Waals surface area contributed by atoms with Crippen LogP contribution in [0.1, 0.15) is 23.4 Å². The second-order valence-corrected chi connectivity index (χ2v) is 7.75. The molecular weight excluding hydrogens is 322 g/mol. The fourth-order valence-corrected chi connectivity index (χ4v) is 4.39. The van der Waals surface area contributed by atoms with Gasteiger partial charge in [-0.1, -0.05) is 0 Å². The minimum Gasteiger partial charge on any atom is -0.372 e. The van der Waals surface area contributed by atoms with Gasteiger partial charge in [-0.3, -0.25) is 4.90 Å². The van der Waals surface area contributed by atoms with Crippen molar-refractivity contribution in [2.24, 2.45) is 5.92 Å². The maximum Gasteiger partial charge on any atom is 0.222 e. The van der Waals surface area contributed by atoms with E-state index in [0.29, 0.717) is 11.9 Å². The molecule has 1 unspecified atom stereocenters. The van der Waals surface area contributed by atoms with E-state index in [9.17, 15) is 0 Å². The summed E-state index contributed by atoms with van der Waals surface area (Å²) in [6.45, 7) is 6.78. The number of hydrogen-bond acceptors (Lipinski definition) is 7. The van der Waals surface area contributed by atoms with Gasteiger partial charge in [0.1, 0.15) is 5.01 Å². The van der Waals surface area contributed by atoms with Crippen molar-refractivity contribution in [3.63, 3.8) is 0 Å². The van der Waals surface area contributed by atoms with E-state index >= 15 is 0 Å². The summed E-state index contributed by atoms with van der Waals surface area (Å²) in [7, 11) is 0. The lowest BCUT2D eigenvalue weighted by Crippen LogP contribution is -2.64. The maximum atomic E-state index is 6.14. The molecule has 2 fully saturated rings. The van der Waals surface area contributed by atoms with Gasteiger partial charge in [-0.05, 0) is 31.2 Å². The molecule has 4 rings (SSSR count). The first-order valence-electron chi connectivity index (χ1n) is 8.51. The van der Waals surface area contributed by atoms with E-state index in [1.165, 1.54) is 5.01 Å². The molecule has 1 spiro atoms. The van der Waals surface area contributed by atoms with Gasteiger partial charge in [-0.2, -0.15) is 0 Å². The molecule has 1 atom stereocenters. The van der Waals surface area contributed by atoms with E-state index in [2.05, 4.69) is 25.2 Å². The number of thiazole rings is 1. The second kappa shape index (κ2) is 6.74. The Hall–Kier alpha value is -1.57. The Morgan fingerprint density at radius 1 is 1.33 bits per heavy atom. The molecule has 0 aliphatic carbocycles. The van der Waals surface area contributed by atoms with Crippen LogP contribution in [-0.2, 0) is 11.3 Å². The Morgan fingerprint density at radius 3 is 2.92 bits per heavy atom. The minimum atomic E-state index is 0.0626. The Balaban J connectivity index is 1.26. The minimum absolute atomic E-state index is 0.0626. The summed E-state index contributed by atoms with van der Waals surface area (Å²) in [5.41, 5.74) is 1.14. The van der Waals surface area contributed by atoms with Crippen LogP contribution >= 0.6 is 11.3 Å². The van der Waals surface area contributed by atoms with Gasteiger partial charge in [0.05, 0.1) is 12.1 Å². The smallest absolute Gasteiger partial charge is 0.222 e. The topological polar surface area (TPSA) is 63.2 Å². The molecule has 7 heteroatoms. The van der Waals surface area contributed by atoms with Crippen LogP contribution in [0.25, 0.3) is 0 Å². The molecule has 2 aliphatic heterocycles. The molecule has 0 radical (unpaired) electrons. The summed E-state index contributed by atoms with van der Waals surface area (Å²) >= 11 is 1.73. The lowest BCUT2D eigenvalue weighted by molar-refractivity contribution is -0.136. The number of hydrogen-bond donors (Lipinski definition) is 1. The van der Waals surface area contributed by atoms with Crippen LogP contribution in [0.4, 0.5) is 5.95 Å². The summed E-state index contributed by atoms with van der Waals surface area (Å²) < 4.78 is 6.14. The Labute approximate surface area is 146 Å². The zero-order valence-electron chi connectivity index (χ0n) is 13.9. The molecular formula is C17H23N5OS. The Morgan fingerprint density at radius 2 is 2.17 bits per heavy atom. The maximum absolute atomic E-state index is 6.14. The molecule has 2 aromatic heterocycles. The van der Waals surface area contributed by atoms with Gasteiger partial charge in [0.15, 0.2) is 0 Å². The predicted molar refractivity (Wildman–Crippen MR) is 94.1 cm³/mol. The lowest BCUT2D eigenvalue weighted by atomic mass is 9.79. The largest absolute Gasteiger partial charge is 0.372 e. The number of anilines is 1. The van der Waals surface area contributed by atoms with Crippen LogP contribution in [0.2, 0.25) is 0 Å². The molecule has 24 heavy (non-hydrogen) atoms. The van der Waals surface area contributed by atoms with E-state index in [-0.39, 0.29) is 5.60 Å². The highest BCUT2D eigenvalue weighted by atomic mass is 32.1. The molecule has 2 aromatic rings. The summed E-state index contributed by atoms with van der Waals surface area (Å²) in [5.74, 6) is 1.33. The van der Waals surface area contributed by atoms with Gasteiger partial charge in [-0.25, -0.2) is 15.0 Å². The van der Waals surface area contributed by atoms with Crippen LogP contribution in [0, 0.1) is 12.8 Å². The summed E-state index contributed by atoms with van der Waals surface area (Å²) in [4.78, 5) is 15.4. The molecule has 2 aliphatic rings. The number of rotatable bonds is 6. The molecule has 0 saturated carbocycles. The Bertz CT molecular complexity index is 654. The van der Waals surface area contributed by atoms with Gasteiger partial charge < -0.3 is 10.1 Å². The van der Waals surface area contributed by atoms with E-state index in [0.717, 1.165) is 51.2 Å². The van der Waals surface area contributed by atoms with E-state index < -0.39 is 0 Å². The van der Waals surface area contributed by atoms with Crippen molar-refractivity contribution in [3.8, 4) is 0 Å². The number of nitrogens with one attached hydrogen (secondary N) is 1. The van der Waals surface area contributed by atoms with E-state index in [1.807, 2.05) is 30.9 Å². The predicted octanol–water partition coefficient (Wildman–Crippen LogP) is 2.33. The Kier molecular flexibility index (Phi) is 4.47. The highest BCUT2D eigenvalue weighted by Crippen LogP contribution is 2.42. The van der Waals surface area contributed by atoms with Gasteiger partial charge in [0.25, 0.3) is 0 Å². The first kappa shape index (κ1) is 15.9. The van der Waals surface area contributed by atoms with Gasteiger partial charge in [-0.15, -0.1) is 11.3 Å². The third-order valence-electron chi connectivity index (χ3n) is 4.98. The second-order valence-electron chi connectivity index (χ2n) is 6.77. The van der Waals surface area contributed by atoms with Gasteiger partial charge in [0.2, 0.25) is 5.95 Å². The monoisotopic (exact) mass is 345 g/mol. The molecule has 4 heterocycles. The first-order valence-corrected chi connectivity index (χ1v) is 9.39. The molecule has 0 bridgehead atoms.